The van der Waals surface area contributed by atoms with Crippen LogP contribution in [0, 0.1) is 12.8 Å². The lowest BCUT2D eigenvalue weighted by molar-refractivity contribution is -0.111. The maximum absolute atomic E-state index is 9.79. The largest absolute Gasteiger partial charge is 0.389 e. The summed E-state index contributed by atoms with van der Waals surface area (Å²) < 4.78 is 0. The number of piperidine rings is 1. The van der Waals surface area contributed by atoms with Crippen LogP contribution in [0.15, 0.2) is 18.5 Å². The van der Waals surface area contributed by atoms with E-state index in [1.165, 1.54) is 11.3 Å². The number of aryl methyl sites for hydroxylation is 1. The second-order valence-corrected chi connectivity index (χ2v) is 6.61. The molecule has 1 unspecified atom stereocenters. The summed E-state index contributed by atoms with van der Waals surface area (Å²) in [5.41, 5.74) is 2.43. The number of aromatic nitrogens is 1. The van der Waals surface area contributed by atoms with Crippen molar-refractivity contribution in [3.05, 3.63) is 24.0 Å². The Morgan fingerprint density at radius 2 is 1.91 bits per heavy atom. The zero-order chi connectivity index (χ0) is 15.7. The topological polar surface area (TPSA) is 80.1 Å². The Bertz CT molecular complexity index is 501. The predicted molar refractivity (Wildman–Crippen MR) is 83.8 cm³/mol. The van der Waals surface area contributed by atoms with Crippen LogP contribution in [0.25, 0.3) is 0 Å². The van der Waals surface area contributed by atoms with Crippen molar-refractivity contribution in [2.75, 3.05) is 37.6 Å². The first kappa shape index (κ1) is 15.7. The van der Waals surface area contributed by atoms with Crippen LogP contribution in [0.4, 0.5) is 5.69 Å². The first-order valence-corrected chi connectivity index (χ1v) is 7.96. The summed E-state index contributed by atoms with van der Waals surface area (Å²) in [6, 6.07) is 2.03. The number of β-amino-alcohol motifs (C(OH)–C–C–N with tert-alkyl or cyclic N) is 2. The summed E-state index contributed by atoms with van der Waals surface area (Å²) in [6.45, 7) is 5.79. The quantitative estimate of drug-likeness (QED) is 0.706. The number of nitrogens with zero attached hydrogens (tertiary/aromatic N) is 3. The average Bonchev–Trinajstić information content (AvgIpc) is 2.93. The summed E-state index contributed by atoms with van der Waals surface area (Å²) in [6.07, 6.45) is 2.09. The molecule has 0 aromatic carbocycles. The van der Waals surface area contributed by atoms with Gasteiger partial charge in [-0.2, -0.15) is 0 Å². The minimum Gasteiger partial charge on any atom is -0.389 e. The van der Waals surface area contributed by atoms with E-state index in [2.05, 4.69) is 21.7 Å². The third-order valence-electron chi connectivity index (χ3n) is 4.83. The molecule has 2 fully saturated rings. The molecular weight excluding hydrogens is 282 g/mol. The Morgan fingerprint density at radius 3 is 2.59 bits per heavy atom. The van der Waals surface area contributed by atoms with Crippen molar-refractivity contribution in [2.24, 2.45) is 5.92 Å². The molecular formula is C16H25N3O3. The Morgan fingerprint density at radius 1 is 1.18 bits per heavy atom. The zero-order valence-electron chi connectivity index (χ0n) is 13.0. The molecule has 22 heavy (non-hydrogen) atoms. The third kappa shape index (κ3) is 3.25. The van der Waals surface area contributed by atoms with Gasteiger partial charge in [0, 0.05) is 38.9 Å². The SMILES string of the molecule is Cc1ccncc1N1CC[C@H](CN2C[C@@H](O)C(O)[C@@H](O)C2)C1. The van der Waals surface area contributed by atoms with Gasteiger partial charge in [0.2, 0.25) is 0 Å². The first-order valence-electron chi connectivity index (χ1n) is 7.96. The highest BCUT2D eigenvalue weighted by atomic mass is 16.4. The van der Waals surface area contributed by atoms with Crippen molar-refractivity contribution in [3.63, 3.8) is 0 Å². The highest BCUT2D eigenvalue weighted by Crippen LogP contribution is 2.27. The van der Waals surface area contributed by atoms with E-state index in [-0.39, 0.29) is 0 Å². The molecule has 0 spiro atoms. The van der Waals surface area contributed by atoms with Crippen LogP contribution in [0.2, 0.25) is 0 Å². The number of pyridine rings is 1. The molecule has 122 valence electrons. The molecule has 2 aliphatic heterocycles. The Hall–Kier alpha value is -1.21. The van der Waals surface area contributed by atoms with Crippen molar-refractivity contribution in [1.82, 2.24) is 9.88 Å². The van der Waals surface area contributed by atoms with E-state index in [0.29, 0.717) is 19.0 Å². The lowest BCUT2D eigenvalue weighted by Gasteiger charge is -2.38. The third-order valence-corrected chi connectivity index (χ3v) is 4.83. The second-order valence-electron chi connectivity index (χ2n) is 6.61. The standard InChI is InChI=1S/C16H25N3O3/c1-11-2-4-17-6-13(11)19-5-3-12(8-19)7-18-9-14(20)16(22)15(21)10-18/h2,4,6,12,14-16,20-22H,3,5,7-10H2,1H3/t12-,14-,15+,16?/m1/s1. The normalized spacial score (nSPS) is 33.4. The average molecular weight is 307 g/mol. The van der Waals surface area contributed by atoms with E-state index >= 15 is 0 Å². The molecule has 0 amide bonds. The summed E-state index contributed by atoms with van der Waals surface area (Å²) in [5, 5.41) is 29.2. The highest BCUT2D eigenvalue weighted by Gasteiger charge is 2.35. The van der Waals surface area contributed by atoms with Crippen molar-refractivity contribution in [2.45, 2.75) is 31.7 Å². The van der Waals surface area contributed by atoms with Gasteiger partial charge in [-0.3, -0.25) is 9.88 Å². The molecule has 3 rings (SSSR count). The van der Waals surface area contributed by atoms with Gasteiger partial charge in [0.25, 0.3) is 0 Å². The van der Waals surface area contributed by atoms with Gasteiger partial charge in [0.15, 0.2) is 0 Å². The van der Waals surface area contributed by atoms with Gasteiger partial charge >= 0.3 is 0 Å². The second kappa shape index (κ2) is 6.50. The minimum atomic E-state index is -1.02. The lowest BCUT2D eigenvalue weighted by Crippen LogP contribution is -2.56. The Balaban J connectivity index is 1.56. The van der Waals surface area contributed by atoms with Gasteiger partial charge in [-0.1, -0.05) is 0 Å². The smallest absolute Gasteiger partial charge is 0.108 e. The molecule has 0 aliphatic carbocycles. The number of aliphatic hydroxyl groups is 3. The minimum absolute atomic E-state index is 0.431. The number of hydrogen-bond donors (Lipinski definition) is 3. The molecule has 0 bridgehead atoms. The van der Waals surface area contributed by atoms with Gasteiger partial charge in [-0.05, 0) is 30.9 Å². The van der Waals surface area contributed by atoms with Crippen LogP contribution in [-0.4, -0.2) is 76.2 Å². The Labute approximate surface area is 131 Å². The van der Waals surface area contributed by atoms with E-state index in [0.717, 1.165) is 26.1 Å². The van der Waals surface area contributed by atoms with Gasteiger partial charge in [0.05, 0.1) is 24.1 Å². The molecule has 0 radical (unpaired) electrons. The molecule has 6 heteroatoms. The van der Waals surface area contributed by atoms with Crippen molar-refractivity contribution in [3.8, 4) is 0 Å². The molecule has 2 aliphatic rings. The van der Waals surface area contributed by atoms with Gasteiger partial charge in [-0.15, -0.1) is 0 Å². The van der Waals surface area contributed by atoms with Crippen LogP contribution in [0.5, 0.6) is 0 Å². The predicted octanol–water partition coefficient (Wildman–Crippen LogP) is -0.385. The molecule has 1 aromatic rings. The summed E-state index contributed by atoms with van der Waals surface area (Å²) in [5.74, 6) is 0.509. The fraction of sp³-hybridized carbons (Fsp3) is 0.688. The van der Waals surface area contributed by atoms with E-state index in [9.17, 15) is 15.3 Å². The number of anilines is 1. The van der Waals surface area contributed by atoms with E-state index in [1.807, 2.05) is 18.5 Å². The lowest BCUT2D eigenvalue weighted by atomic mass is 10.00. The molecule has 6 nitrogen and oxygen atoms in total. The number of hydrogen-bond acceptors (Lipinski definition) is 6. The molecule has 2 saturated heterocycles. The molecule has 4 atom stereocenters. The summed E-state index contributed by atoms with van der Waals surface area (Å²) in [4.78, 5) is 8.63. The Kier molecular flexibility index (Phi) is 4.63. The van der Waals surface area contributed by atoms with Crippen LogP contribution in [0.3, 0.4) is 0 Å². The summed E-state index contributed by atoms with van der Waals surface area (Å²) in [7, 11) is 0. The maximum atomic E-state index is 9.79. The molecule has 3 heterocycles. The summed E-state index contributed by atoms with van der Waals surface area (Å²) >= 11 is 0. The van der Waals surface area contributed by atoms with Gasteiger partial charge in [0.1, 0.15) is 6.10 Å². The highest BCUT2D eigenvalue weighted by molar-refractivity contribution is 5.51. The van der Waals surface area contributed by atoms with Crippen LogP contribution in [0.1, 0.15) is 12.0 Å². The van der Waals surface area contributed by atoms with Crippen molar-refractivity contribution in [1.29, 1.82) is 0 Å². The first-order chi connectivity index (χ1) is 10.5. The van der Waals surface area contributed by atoms with E-state index < -0.39 is 18.3 Å². The monoisotopic (exact) mass is 307 g/mol. The van der Waals surface area contributed by atoms with Crippen LogP contribution in [-0.2, 0) is 0 Å². The van der Waals surface area contributed by atoms with E-state index in [1.54, 1.807) is 0 Å². The fourth-order valence-corrected chi connectivity index (χ4v) is 3.58. The van der Waals surface area contributed by atoms with Crippen molar-refractivity contribution >= 4 is 5.69 Å². The van der Waals surface area contributed by atoms with Crippen LogP contribution >= 0.6 is 0 Å². The van der Waals surface area contributed by atoms with Crippen molar-refractivity contribution < 1.29 is 15.3 Å². The number of aliphatic hydroxyl groups excluding tert-OH is 3. The molecule has 0 saturated carbocycles. The number of likely N-dealkylation sites (tertiary alicyclic amines) is 1. The number of rotatable bonds is 3. The van der Waals surface area contributed by atoms with E-state index in [4.69, 9.17) is 0 Å². The van der Waals surface area contributed by atoms with Crippen LogP contribution < -0.4 is 4.90 Å². The maximum Gasteiger partial charge on any atom is 0.108 e. The van der Waals surface area contributed by atoms with Gasteiger partial charge < -0.3 is 20.2 Å². The van der Waals surface area contributed by atoms with Gasteiger partial charge in [-0.25, -0.2) is 0 Å². The zero-order valence-corrected chi connectivity index (χ0v) is 13.0. The molecule has 3 N–H and O–H groups in total. The molecule has 1 aromatic heterocycles. The fourth-order valence-electron chi connectivity index (χ4n) is 3.58.